The van der Waals surface area contributed by atoms with Crippen LogP contribution in [0.25, 0.3) is 0 Å². The van der Waals surface area contributed by atoms with Gasteiger partial charge in [-0.3, -0.25) is 0 Å². The molecule has 0 aromatic heterocycles. The van der Waals surface area contributed by atoms with E-state index < -0.39 is 0 Å². The summed E-state index contributed by atoms with van der Waals surface area (Å²) in [4.78, 5) is 2.68. The van der Waals surface area contributed by atoms with Crippen LogP contribution in [0.2, 0.25) is 0 Å². The van der Waals surface area contributed by atoms with Crippen molar-refractivity contribution >= 4 is 0 Å². The highest BCUT2D eigenvalue weighted by Gasteiger charge is 2.48. The van der Waals surface area contributed by atoms with Gasteiger partial charge in [0.1, 0.15) is 0 Å². The molecule has 0 radical (unpaired) electrons. The van der Waals surface area contributed by atoms with Crippen LogP contribution in [0, 0.1) is 5.41 Å². The Morgan fingerprint density at radius 1 is 1.22 bits per heavy atom. The fourth-order valence-electron chi connectivity index (χ4n) is 4.88. The van der Waals surface area contributed by atoms with Crippen molar-refractivity contribution < 1.29 is 5.11 Å². The topological polar surface area (TPSA) is 35.5 Å². The first-order chi connectivity index (χ1) is 11.0. The maximum atomic E-state index is 10.5. The minimum Gasteiger partial charge on any atom is -0.390 e. The lowest BCUT2D eigenvalue weighted by molar-refractivity contribution is -0.0983. The van der Waals surface area contributed by atoms with Crippen molar-refractivity contribution in [3.63, 3.8) is 0 Å². The third-order valence-electron chi connectivity index (χ3n) is 6.47. The molecule has 2 N–H and O–H groups in total. The molecular weight excluding hydrogens is 284 g/mol. The highest BCUT2D eigenvalue weighted by Crippen LogP contribution is 2.53. The first-order valence-corrected chi connectivity index (χ1v) is 9.53. The molecule has 0 aromatic rings. The van der Waals surface area contributed by atoms with E-state index in [1.54, 1.807) is 5.70 Å². The van der Waals surface area contributed by atoms with Crippen LogP contribution in [0.1, 0.15) is 65.2 Å². The average molecular weight is 319 g/mol. The number of rotatable bonds is 6. The van der Waals surface area contributed by atoms with Crippen molar-refractivity contribution in [3.8, 4) is 0 Å². The monoisotopic (exact) mass is 318 g/mol. The maximum Gasteiger partial charge on any atom is 0.0648 e. The van der Waals surface area contributed by atoms with E-state index in [1.165, 1.54) is 43.4 Å². The van der Waals surface area contributed by atoms with Gasteiger partial charge in [-0.2, -0.15) is 0 Å². The molecule has 3 saturated carbocycles. The predicted molar refractivity (Wildman–Crippen MR) is 96.3 cm³/mol. The molecule has 1 aliphatic heterocycles. The van der Waals surface area contributed by atoms with Gasteiger partial charge in [0.05, 0.1) is 5.60 Å². The van der Waals surface area contributed by atoms with Crippen LogP contribution in [-0.2, 0) is 0 Å². The zero-order valence-electron chi connectivity index (χ0n) is 15.1. The third kappa shape index (κ3) is 3.51. The number of fused-ring (bicyclic) bond motifs is 3. The van der Waals surface area contributed by atoms with Gasteiger partial charge in [0, 0.05) is 38.3 Å². The van der Waals surface area contributed by atoms with Crippen molar-refractivity contribution in [2.24, 2.45) is 5.41 Å². The molecule has 0 unspecified atom stereocenters. The molecular formula is C20H34N2O. The lowest BCUT2D eigenvalue weighted by atomic mass is 9.58. The lowest BCUT2D eigenvalue weighted by Gasteiger charge is -2.53. The number of hydrogen-bond donors (Lipinski definition) is 2. The molecule has 3 fully saturated rings. The normalized spacial score (nSPS) is 33.9. The summed E-state index contributed by atoms with van der Waals surface area (Å²) in [5.74, 6) is 0. The summed E-state index contributed by atoms with van der Waals surface area (Å²) in [5.41, 5.74) is 4.31. The molecule has 0 amide bonds. The van der Waals surface area contributed by atoms with Crippen LogP contribution < -0.4 is 5.32 Å². The van der Waals surface area contributed by atoms with Gasteiger partial charge in [-0.1, -0.05) is 19.1 Å². The molecule has 3 aliphatic carbocycles. The second-order valence-electron chi connectivity index (χ2n) is 8.28. The van der Waals surface area contributed by atoms with Gasteiger partial charge in [-0.05, 0) is 62.9 Å². The van der Waals surface area contributed by atoms with Crippen molar-refractivity contribution in [2.75, 3.05) is 26.2 Å². The van der Waals surface area contributed by atoms with Crippen LogP contribution in [0.4, 0.5) is 0 Å². The van der Waals surface area contributed by atoms with E-state index in [1.807, 2.05) is 0 Å². The van der Waals surface area contributed by atoms with Gasteiger partial charge in [0.2, 0.25) is 0 Å². The largest absolute Gasteiger partial charge is 0.390 e. The summed E-state index contributed by atoms with van der Waals surface area (Å²) in [6.07, 6.45) is 8.98. The first-order valence-electron chi connectivity index (χ1n) is 9.53. The predicted octanol–water partition coefficient (Wildman–Crippen LogP) is 3.61. The van der Waals surface area contributed by atoms with Gasteiger partial charge in [-0.15, -0.1) is 0 Å². The summed E-state index contributed by atoms with van der Waals surface area (Å²) in [6.45, 7) is 13.0. The molecule has 2 bridgehead atoms. The minimum atomic E-state index is -0.325. The van der Waals surface area contributed by atoms with Crippen LogP contribution in [0.5, 0.6) is 0 Å². The fraction of sp³-hybridized carbons (Fsp3) is 0.800. The van der Waals surface area contributed by atoms with Crippen molar-refractivity contribution in [2.45, 2.75) is 70.8 Å². The number of hydrogen-bond acceptors (Lipinski definition) is 3. The van der Waals surface area contributed by atoms with Crippen molar-refractivity contribution in [1.82, 2.24) is 10.2 Å². The second-order valence-corrected chi connectivity index (χ2v) is 8.28. The molecule has 0 aromatic carbocycles. The zero-order chi connectivity index (χ0) is 16.5. The molecule has 0 spiro atoms. The van der Waals surface area contributed by atoms with E-state index in [9.17, 15) is 5.11 Å². The molecule has 0 saturated heterocycles. The Kier molecular flexibility index (Phi) is 4.89. The van der Waals surface area contributed by atoms with Crippen LogP contribution in [0.3, 0.4) is 0 Å². The van der Waals surface area contributed by atoms with E-state index >= 15 is 0 Å². The van der Waals surface area contributed by atoms with E-state index in [-0.39, 0.29) is 5.60 Å². The Morgan fingerprint density at radius 2 is 1.87 bits per heavy atom. The van der Waals surface area contributed by atoms with Gasteiger partial charge in [-0.25, -0.2) is 0 Å². The minimum absolute atomic E-state index is 0.325. The molecule has 4 rings (SSSR count). The van der Waals surface area contributed by atoms with Crippen molar-refractivity contribution in [3.05, 3.63) is 23.4 Å². The zero-order valence-corrected chi connectivity index (χ0v) is 15.1. The summed E-state index contributed by atoms with van der Waals surface area (Å²) in [6, 6.07) is 0. The Hall–Kier alpha value is -0.800. The number of nitrogens with zero attached hydrogens (tertiary/aromatic N) is 1. The summed E-state index contributed by atoms with van der Waals surface area (Å²) in [7, 11) is 0. The molecule has 4 aliphatic rings. The van der Waals surface area contributed by atoms with E-state index in [2.05, 4.69) is 30.6 Å². The number of aliphatic hydroxyl groups is 1. The highest BCUT2D eigenvalue weighted by molar-refractivity contribution is 5.34. The highest BCUT2D eigenvalue weighted by atomic mass is 16.3. The Labute approximate surface area is 141 Å². The molecule has 1 heterocycles. The van der Waals surface area contributed by atoms with Crippen LogP contribution in [-0.4, -0.2) is 41.8 Å². The maximum absolute atomic E-state index is 10.5. The summed E-state index contributed by atoms with van der Waals surface area (Å²) < 4.78 is 0. The number of nitrogens with one attached hydrogen (secondary N) is 1. The quantitative estimate of drug-likeness (QED) is 0.785. The third-order valence-corrected chi connectivity index (χ3v) is 6.47. The van der Waals surface area contributed by atoms with Gasteiger partial charge in [0.25, 0.3) is 0 Å². The summed E-state index contributed by atoms with van der Waals surface area (Å²) >= 11 is 0. The molecule has 3 nitrogen and oxygen atoms in total. The lowest BCUT2D eigenvalue weighted by Crippen LogP contribution is -2.51. The molecule has 130 valence electrons. The molecule has 0 atom stereocenters. The Bertz CT molecular complexity index is 469. The molecule has 23 heavy (non-hydrogen) atoms. The average Bonchev–Trinajstić information content (AvgIpc) is 2.56. The van der Waals surface area contributed by atoms with Crippen molar-refractivity contribution in [1.29, 1.82) is 0 Å². The second kappa shape index (κ2) is 6.60. The van der Waals surface area contributed by atoms with Gasteiger partial charge < -0.3 is 15.3 Å². The Morgan fingerprint density at radius 3 is 2.43 bits per heavy atom. The summed E-state index contributed by atoms with van der Waals surface area (Å²) in [5, 5.41) is 14.0. The van der Waals surface area contributed by atoms with E-state index in [0.29, 0.717) is 5.41 Å². The smallest absolute Gasteiger partial charge is 0.0648 e. The first kappa shape index (κ1) is 17.0. The van der Waals surface area contributed by atoms with E-state index in [0.717, 1.165) is 45.3 Å². The molecule has 3 heteroatoms. The van der Waals surface area contributed by atoms with Gasteiger partial charge in [0.15, 0.2) is 0 Å². The van der Waals surface area contributed by atoms with Crippen LogP contribution >= 0.6 is 0 Å². The standard InChI is InChI=1S/C20H34N2O/c1-4-13-22(18-5-12-21-14-17(18)16(2)3)15-19-6-9-20(23,10-7-19)11-8-19/h21,23H,2,4-15H2,1,3H3. The SMILES string of the molecule is C=C(C)C1=C(N(CCC)CC23CCC(O)(CC2)CC3)CCNC1. The fourth-order valence-corrected chi connectivity index (χ4v) is 4.88. The Balaban J connectivity index is 1.80. The van der Waals surface area contributed by atoms with E-state index in [4.69, 9.17) is 0 Å². The van der Waals surface area contributed by atoms with Crippen LogP contribution in [0.15, 0.2) is 23.4 Å². The van der Waals surface area contributed by atoms with Gasteiger partial charge >= 0.3 is 0 Å².